The van der Waals surface area contributed by atoms with Gasteiger partial charge in [-0.25, -0.2) is 0 Å². The van der Waals surface area contributed by atoms with Gasteiger partial charge in [-0.05, 0) is 13.3 Å². The van der Waals surface area contributed by atoms with Gasteiger partial charge in [-0.1, -0.05) is 12.1 Å². The number of rotatable bonds is 6. The summed E-state index contributed by atoms with van der Waals surface area (Å²) in [5.41, 5.74) is 0. The van der Waals surface area contributed by atoms with Gasteiger partial charge in [0.15, 0.2) is 5.82 Å². The standard InChI is InChI=1S/C13H20N4O4/c1-4-5-16-7-12(18)17(9(2)13(16)19)6-11-14-10(8-20-3)15-21-11/h9H,4-8H2,1-3H3/t9-/m1/s1. The fourth-order valence-corrected chi connectivity index (χ4v) is 2.32. The van der Waals surface area contributed by atoms with E-state index in [1.54, 1.807) is 11.8 Å². The third-order valence-electron chi connectivity index (χ3n) is 3.37. The zero-order chi connectivity index (χ0) is 15.4. The number of methoxy groups -OCH3 is 1. The molecule has 8 heteroatoms. The van der Waals surface area contributed by atoms with Crippen LogP contribution in [0.2, 0.25) is 0 Å². The first-order valence-electron chi connectivity index (χ1n) is 6.95. The molecule has 1 fully saturated rings. The Bertz CT molecular complexity index is 516. The molecule has 2 amide bonds. The predicted molar refractivity (Wildman–Crippen MR) is 71.9 cm³/mol. The molecule has 1 atom stereocenters. The zero-order valence-electron chi connectivity index (χ0n) is 12.5. The van der Waals surface area contributed by atoms with Gasteiger partial charge >= 0.3 is 0 Å². The van der Waals surface area contributed by atoms with Crippen molar-refractivity contribution in [3.8, 4) is 0 Å². The number of piperazine rings is 1. The number of hydrogen-bond acceptors (Lipinski definition) is 6. The molecule has 2 rings (SSSR count). The number of amides is 2. The molecule has 8 nitrogen and oxygen atoms in total. The van der Waals surface area contributed by atoms with Crippen LogP contribution in [0.1, 0.15) is 32.0 Å². The molecule has 1 saturated heterocycles. The van der Waals surface area contributed by atoms with Gasteiger partial charge in [0.1, 0.15) is 19.2 Å². The molecule has 1 aromatic heterocycles. The predicted octanol–water partition coefficient (Wildman–Crippen LogP) is 0.185. The van der Waals surface area contributed by atoms with E-state index in [1.165, 1.54) is 12.0 Å². The molecule has 2 heterocycles. The third-order valence-corrected chi connectivity index (χ3v) is 3.37. The lowest BCUT2D eigenvalue weighted by Gasteiger charge is -2.37. The zero-order valence-corrected chi connectivity index (χ0v) is 12.5. The highest BCUT2D eigenvalue weighted by Crippen LogP contribution is 2.16. The average Bonchev–Trinajstić information content (AvgIpc) is 2.89. The number of carbonyl (C=O) groups excluding carboxylic acids is 2. The first kappa shape index (κ1) is 15.4. The van der Waals surface area contributed by atoms with Crippen LogP contribution in [0, 0.1) is 0 Å². The minimum Gasteiger partial charge on any atom is -0.377 e. The summed E-state index contributed by atoms with van der Waals surface area (Å²) < 4.78 is 9.97. The number of carbonyl (C=O) groups is 2. The van der Waals surface area contributed by atoms with Gasteiger partial charge in [0, 0.05) is 13.7 Å². The normalized spacial score (nSPS) is 19.5. The Balaban J connectivity index is 2.05. The summed E-state index contributed by atoms with van der Waals surface area (Å²) in [5, 5.41) is 3.74. The summed E-state index contributed by atoms with van der Waals surface area (Å²) in [6.45, 7) is 4.79. The second kappa shape index (κ2) is 6.66. The molecule has 21 heavy (non-hydrogen) atoms. The van der Waals surface area contributed by atoms with Crippen molar-refractivity contribution in [2.24, 2.45) is 0 Å². The Morgan fingerprint density at radius 1 is 1.43 bits per heavy atom. The molecular weight excluding hydrogens is 276 g/mol. The van der Waals surface area contributed by atoms with E-state index in [0.717, 1.165) is 6.42 Å². The summed E-state index contributed by atoms with van der Waals surface area (Å²) in [5.74, 6) is 0.567. The van der Waals surface area contributed by atoms with Crippen molar-refractivity contribution in [3.05, 3.63) is 11.7 Å². The third kappa shape index (κ3) is 3.38. The van der Waals surface area contributed by atoms with E-state index in [2.05, 4.69) is 10.1 Å². The maximum atomic E-state index is 12.2. The van der Waals surface area contributed by atoms with Crippen molar-refractivity contribution in [2.75, 3.05) is 20.2 Å². The Kier molecular flexibility index (Phi) is 4.89. The SMILES string of the molecule is CCCN1CC(=O)N(Cc2nc(COC)no2)[C@H](C)C1=O. The average molecular weight is 296 g/mol. The number of hydrogen-bond donors (Lipinski definition) is 0. The smallest absolute Gasteiger partial charge is 0.246 e. The van der Waals surface area contributed by atoms with Gasteiger partial charge < -0.3 is 19.1 Å². The van der Waals surface area contributed by atoms with Crippen molar-refractivity contribution < 1.29 is 18.8 Å². The van der Waals surface area contributed by atoms with Crippen LogP contribution in [-0.2, 0) is 27.5 Å². The van der Waals surface area contributed by atoms with E-state index in [4.69, 9.17) is 9.26 Å². The monoisotopic (exact) mass is 296 g/mol. The molecule has 0 radical (unpaired) electrons. The van der Waals surface area contributed by atoms with Crippen molar-refractivity contribution in [1.29, 1.82) is 0 Å². The van der Waals surface area contributed by atoms with Gasteiger partial charge in [0.2, 0.25) is 17.7 Å². The minimum absolute atomic E-state index is 0.0481. The highest BCUT2D eigenvalue weighted by Gasteiger charge is 2.36. The summed E-state index contributed by atoms with van der Waals surface area (Å²) in [6.07, 6.45) is 0.829. The number of ether oxygens (including phenoxy) is 1. The van der Waals surface area contributed by atoms with Gasteiger partial charge in [0.05, 0.1) is 6.54 Å². The molecule has 0 N–H and O–H groups in total. The molecule has 1 aliphatic heterocycles. The molecule has 116 valence electrons. The number of nitrogens with zero attached hydrogens (tertiary/aromatic N) is 4. The highest BCUT2D eigenvalue weighted by atomic mass is 16.5. The van der Waals surface area contributed by atoms with E-state index in [-0.39, 0.29) is 31.5 Å². The maximum Gasteiger partial charge on any atom is 0.246 e. The first-order chi connectivity index (χ1) is 10.1. The molecule has 0 spiro atoms. The van der Waals surface area contributed by atoms with Crippen LogP contribution in [0.15, 0.2) is 4.52 Å². The van der Waals surface area contributed by atoms with Crippen molar-refractivity contribution in [2.45, 2.75) is 39.5 Å². The Hall–Kier alpha value is -1.96. The largest absolute Gasteiger partial charge is 0.377 e. The van der Waals surface area contributed by atoms with E-state index in [1.807, 2.05) is 6.92 Å². The first-order valence-corrected chi connectivity index (χ1v) is 6.95. The van der Waals surface area contributed by atoms with Gasteiger partial charge in [-0.15, -0.1) is 0 Å². The highest BCUT2D eigenvalue weighted by molar-refractivity contribution is 5.94. The lowest BCUT2D eigenvalue weighted by Crippen LogP contribution is -2.58. The van der Waals surface area contributed by atoms with Crippen LogP contribution in [0.3, 0.4) is 0 Å². The summed E-state index contributed by atoms with van der Waals surface area (Å²) in [6, 6.07) is -0.518. The molecule has 0 aliphatic carbocycles. The van der Waals surface area contributed by atoms with Crippen molar-refractivity contribution in [3.63, 3.8) is 0 Å². The van der Waals surface area contributed by atoms with E-state index < -0.39 is 6.04 Å². The summed E-state index contributed by atoms with van der Waals surface area (Å²) in [7, 11) is 1.53. The topological polar surface area (TPSA) is 88.8 Å². The fraction of sp³-hybridized carbons (Fsp3) is 0.692. The summed E-state index contributed by atoms with van der Waals surface area (Å²) >= 11 is 0. The molecule has 1 aromatic rings. The van der Waals surface area contributed by atoms with Crippen LogP contribution in [0.25, 0.3) is 0 Å². The molecule has 1 aliphatic rings. The van der Waals surface area contributed by atoms with E-state index in [9.17, 15) is 9.59 Å². The van der Waals surface area contributed by atoms with Crippen molar-refractivity contribution >= 4 is 11.8 Å². The van der Waals surface area contributed by atoms with Gasteiger partial charge in [-0.2, -0.15) is 4.98 Å². The molecule has 0 bridgehead atoms. The van der Waals surface area contributed by atoms with E-state index in [0.29, 0.717) is 18.3 Å². The molecule has 0 unspecified atom stereocenters. The Morgan fingerprint density at radius 2 is 2.19 bits per heavy atom. The molecular formula is C13H20N4O4. The maximum absolute atomic E-state index is 12.2. The van der Waals surface area contributed by atoms with Crippen LogP contribution in [0.5, 0.6) is 0 Å². The fourth-order valence-electron chi connectivity index (χ4n) is 2.32. The molecule has 0 aromatic carbocycles. The quantitative estimate of drug-likeness (QED) is 0.744. The van der Waals surface area contributed by atoms with Crippen molar-refractivity contribution in [1.82, 2.24) is 19.9 Å². The van der Waals surface area contributed by atoms with E-state index >= 15 is 0 Å². The molecule has 0 saturated carbocycles. The van der Waals surface area contributed by atoms with Crippen LogP contribution in [-0.4, -0.2) is 58.0 Å². The lowest BCUT2D eigenvalue weighted by molar-refractivity contribution is -0.156. The minimum atomic E-state index is -0.518. The van der Waals surface area contributed by atoms with Gasteiger partial charge in [0.25, 0.3) is 0 Å². The Labute approximate surface area is 123 Å². The second-order valence-electron chi connectivity index (χ2n) is 4.99. The van der Waals surface area contributed by atoms with Crippen LogP contribution in [0.4, 0.5) is 0 Å². The van der Waals surface area contributed by atoms with Crippen LogP contribution < -0.4 is 0 Å². The van der Waals surface area contributed by atoms with Gasteiger partial charge in [-0.3, -0.25) is 9.59 Å². The summed E-state index contributed by atoms with van der Waals surface area (Å²) in [4.78, 5) is 31.6. The Morgan fingerprint density at radius 3 is 2.86 bits per heavy atom. The lowest BCUT2D eigenvalue weighted by atomic mass is 10.1. The second-order valence-corrected chi connectivity index (χ2v) is 4.99. The van der Waals surface area contributed by atoms with Crippen LogP contribution >= 0.6 is 0 Å². The number of aromatic nitrogens is 2.